The van der Waals surface area contributed by atoms with Crippen LogP contribution >= 0.6 is 24.8 Å². The molecule has 24 heavy (non-hydrogen) atoms. The van der Waals surface area contributed by atoms with Gasteiger partial charge >= 0.3 is 0 Å². The van der Waals surface area contributed by atoms with Crippen LogP contribution in [0, 0.1) is 6.92 Å². The molecule has 1 amide bonds. The van der Waals surface area contributed by atoms with Crippen molar-refractivity contribution in [1.82, 2.24) is 10.3 Å². The summed E-state index contributed by atoms with van der Waals surface area (Å²) in [4.78, 5) is 16.4. The average molecular weight is 370 g/mol. The molecule has 2 rings (SSSR count). The topological polar surface area (TPSA) is 68.0 Å². The van der Waals surface area contributed by atoms with E-state index in [1.807, 2.05) is 25.1 Å². The second kappa shape index (κ2) is 11.0. The highest BCUT2D eigenvalue weighted by Gasteiger charge is 2.17. The molecule has 6 heteroatoms. The van der Waals surface area contributed by atoms with Crippen LogP contribution in [0.25, 0.3) is 0 Å². The Kier molecular flexibility index (Phi) is 10.3. The van der Waals surface area contributed by atoms with E-state index in [0.29, 0.717) is 12.8 Å². The summed E-state index contributed by atoms with van der Waals surface area (Å²) < 4.78 is 0. The summed E-state index contributed by atoms with van der Waals surface area (Å²) in [5.74, 6) is -0.0437. The van der Waals surface area contributed by atoms with Gasteiger partial charge in [0.15, 0.2) is 0 Å². The molecule has 1 aromatic heterocycles. The van der Waals surface area contributed by atoms with Gasteiger partial charge in [0.25, 0.3) is 0 Å². The van der Waals surface area contributed by atoms with Gasteiger partial charge in [-0.05, 0) is 38.0 Å². The Hall–Kier alpha value is -1.62. The summed E-state index contributed by atoms with van der Waals surface area (Å²) in [7, 11) is 0. The Morgan fingerprint density at radius 3 is 2.38 bits per heavy atom. The first kappa shape index (κ1) is 22.4. The van der Waals surface area contributed by atoms with Gasteiger partial charge in [-0.1, -0.05) is 35.9 Å². The summed E-state index contributed by atoms with van der Waals surface area (Å²) >= 11 is 0. The lowest BCUT2D eigenvalue weighted by molar-refractivity contribution is -0.122. The molecule has 0 bridgehead atoms. The molecule has 0 aliphatic heterocycles. The van der Waals surface area contributed by atoms with E-state index in [-0.39, 0.29) is 42.8 Å². The molecule has 2 aromatic rings. The molecular weight excluding hydrogens is 345 g/mol. The van der Waals surface area contributed by atoms with Gasteiger partial charge in [-0.2, -0.15) is 0 Å². The third-order valence-electron chi connectivity index (χ3n) is 3.45. The highest BCUT2D eigenvalue weighted by atomic mass is 35.5. The van der Waals surface area contributed by atoms with Gasteiger partial charge in [0.05, 0.1) is 11.7 Å². The average Bonchev–Trinajstić information content (AvgIpc) is 2.49. The van der Waals surface area contributed by atoms with Crippen LogP contribution in [0.2, 0.25) is 0 Å². The standard InChI is InChI=1S/C18H23N3O.2ClH/c1-13-6-8-15(9-7-13)12-17(16-5-3-4-10-20-16)21-18(22)11-14(2)19;;/h3-10,14,17H,11-12,19H2,1-2H3,(H,21,22);2*1H. The van der Waals surface area contributed by atoms with E-state index < -0.39 is 0 Å². The SMILES string of the molecule is Cc1ccc(CC(NC(=O)CC(C)N)c2ccccn2)cc1.Cl.Cl. The van der Waals surface area contributed by atoms with Crippen molar-refractivity contribution >= 4 is 30.7 Å². The van der Waals surface area contributed by atoms with Crippen molar-refractivity contribution in [3.8, 4) is 0 Å². The quantitative estimate of drug-likeness (QED) is 0.819. The number of carbonyl (C=O) groups is 1. The third kappa shape index (κ3) is 7.30. The minimum absolute atomic E-state index is 0. The number of carbonyl (C=O) groups excluding carboxylic acids is 1. The van der Waals surface area contributed by atoms with Crippen molar-refractivity contribution in [2.75, 3.05) is 0 Å². The second-order valence-electron chi connectivity index (χ2n) is 5.75. The van der Waals surface area contributed by atoms with Gasteiger partial charge < -0.3 is 11.1 Å². The zero-order chi connectivity index (χ0) is 15.9. The number of rotatable bonds is 6. The molecule has 0 radical (unpaired) electrons. The van der Waals surface area contributed by atoms with E-state index in [9.17, 15) is 4.79 Å². The number of pyridine rings is 1. The third-order valence-corrected chi connectivity index (χ3v) is 3.45. The second-order valence-corrected chi connectivity index (χ2v) is 5.75. The van der Waals surface area contributed by atoms with Gasteiger partial charge in [0.1, 0.15) is 0 Å². The minimum Gasteiger partial charge on any atom is -0.347 e. The zero-order valence-corrected chi connectivity index (χ0v) is 15.6. The molecule has 1 heterocycles. The maximum absolute atomic E-state index is 12.1. The molecule has 0 fully saturated rings. The van der Waals surface area contributed by atoms with Crippen molar-refractivity contribution in [3.63, 3.8) is 0 Å². The number of amides is 1. The number of hydrogen-bond donors (Lipinski definition) is 2. The van der Waals surface area contributed by atoms with Crippen LogP contribution in [-0.4, -0.2) is 16.9 Å². The molecule has 1 aromatic carbocycles. The minimum atomic E-state index is -0.149. The molecule has 4 nitrogen and oxygen atoms in total. The zero-order valence-electron chi connectivity index (χ0n) is 13.9. The lowest BCUT2D eigenvalue weighted by atomic mass is 10.0. The molecule has 0 saturated carbocycles. The van der Waals surface area contributed by atoms with E-state index in [4.69, 9.17) is 5.73 Å². The monoisotopic (exact) mass is 369 g/mol. The largest absolute Gasteiger partial charge is 0.347 e. The van der Waals surface area contributed by atoms with E-state index in [0.717, 1.165) is 5.69 Å². The Balaban J connectivity index is 0.00000264. The first-order valence-electron chi connectivity index (χ1n) is 7.56. The smallest absolute Gasteiger partial charge is 0.222 e. The lowest BCUT2D eigenvalue weighted by Gasteiger charge is -2.19. The number of nitrogens with zero attached hydrogens (tertiary/aromatic N) is 1. The molecule has 0 saturated heterocycles. The van der Waals surface area contributed by atoms with E-state index >= 15 is 0 Å². The van der Waals surface area contributed by atoms with Gasteiger partial charge in [0, 0.05) is 18.7 Å². The maximum Gasteiger partial charge on any atom is 0.222 e. The van der Waals surface area contributed by atoms with Crippen molar-refractivity contribution in [3.05, 3.63) is 65.5 Å². The normalized spacial score (nSPS) is 12.3. The van der Waals surface area contributed by atoms with Gasteiger partial charge in [-0.3, -0.25) is 9.78 Å². The van der Waals surface area contributed by atoms with Crippen LogP contribution in [0.3, 0.4) is 0 Å². The predicted octanol–water partition coefficient (Wildman–Crippen LogP) is 3.37. The molecule has 3 N–H and O–H groups in total. The van der Waals surface area contributed by atoms with Crippen LogP contribution in [0.5, 0.6) is 0 Å². The number of benzene rings is 1. The summed E-state index contributed by atoms with van der Waals surface area (Å²) in [6, 6.07) is 13.8. The molecule has 2 atom stereocenters. The van der Waals surface area contributed by atoms with Crippen LogP contribution < -0.4 is 11.1 Å². The first-order valence-corrected chi connectivity index (χ1v) is 7.56. The van der Waals surface area contributed by atoms with Gasteiger partial charge in [0.2, 0.25) is 5.91 Å². The van der Waals surface area contributed by atoms with Gasteiger partial charge in [-0.25, -0.2) is 0 Å². The number of hydrogen-bond acceptors (Lipinski definition) is 3. The van der Waals surface area contributed by atoms with Crippen LogP contribution in [0.1, 0.15) is 36.2 Å². The molecule has 0 spiro atoms. The van der Waals surface area contributed by atoms with Gasteiger partial charge in [-0.15, -0.1) is 24.8 Å². The first-order chi connectivity index (χ1) is 10.5. The molecule has 0 aliphatic carbocycles. The number of nitrogens with two attached hydrogens (primary N) is 1. The number of aryl methyl sites for hydroxylation is 1. The van der Waals surface area contributed by atoms with Crippen LogP contribution in [0.4, 0.5) is 0 Å². The van der Waals surface area contributed by atoms with Crippen molar-refractivity contribution in [2.24, 2.45) is 5.73 Å². The van der Waals surface area contributed by atoms with Crippen LogP contribution in [0.15, 0.2) is 48.7 Å². The number of aromatic nitrogens is 1. The fourth-order valence-electron chi connectivity index (χ4n) is 2.32. The highest BCUT2D eigenvalue weighted by Crippen LogP contribution is 2.17. The molecule has 0 aliphatic rings. The fourth-order valence-corrected chi connectivity index (χ4v) is 2.32. The van der Waals surface area contributed by atoms with Crippen molar-refractivity contribution < 1.29 is 4.79 Å². The Morgan fingerprint density at radius 2 is 1.83 bits per heavy atom. The Labute approximate surface area is 156 Å². The van der Waals surface area contributed by atoms with Crippen LogP contribution in [-0.2, 0) is 11.2 Å². The van der Waals surface area contributed by atoms with E-state index in [2.05, 4.69) is 41.5 Å². The number of halogens is 2. The fraction of sp³-hybridized carbons (Fsp3) is 0.333. The van der Waals surface area contributed by atoms with E-state index in [1.54, 1.807) is 6.20 Å². The Morgan fingerprint density at radius 1 is 1.17 bits per heavy atom. The molecule has 132 valence electrons. The molecule has 2 unspecified atom stereocenters. The van der Waals surface area contributed by atoms with E-state index in [1.165, 1.54) is 11.1 Å². The lowest BCUT2D eigenvalue weighted by Crippen LogP contribution is -2.34. The summed E-state index contributed by atoms with van der Waals surface area (Å²) in [5.41, 5.74) is 8.95. The maximum atomic E-state index is 12.1. The van der Waals surface area contributed by atoms with Crippen molar-refractivity contribution in [2.45, 2.75) is 38.8 Å². The Bertz CT molecular complexity index is 603. The van der Waals surface area contributed by atoms with Crippen molar-refractivity contribution in [1.29, 1.82) is 0 Å². The highest BCUT2D eigenvalue weighted by molar-refractivity contribution is 5.85. The molecular formula is C18H25Cl2N3O. The summed E-state index contributed by atoms with van der Waals surface area (Å²) in [6.07, 6.45) is 2.77. The summed E-state index contributed by atoms with van der Waals surface area (Å²) in [5, 5.41) is 3.05. The number of nitrogens with one attached hydrogen (secondary N) is 1. The summed E-state index contributed by atoms with van der Waals surface area (Å²) in [6.45, 7) is 3.89. The predicted molar refractivity (Wildman–Crippen MR) is 103 cm³/mol.